The molecule has 1 atom stereocenters. The van der Waals surface area contributed by atoms with E-state index in [0.29, 0.717) is 6.42 Å². The van der Waals surface area contributed by atoms with Crippen molar-refractivity contribution in [3.05, 3.63) is 35.9 Å². The van der Waals surface area contributed by atoms with Crippen molar-refractivity contribution in [3.8, 4) is 6.07 Å². The van der Waals surface area contributed by atoms with E-state index in [4.69, 9.17) is 5.26 Å². The van der Waals surface area contributed by atoms with Crippen molar-refractivity contribution >= 4 is 5.91 Å². The molecule has 1 fully saturated rings. The Kier molecular flexibility index (Phi) is 5.14. The lowest BCUT2D eigenvalue weighted by atomic mass is 9.97. The summed E-state index contributed by atoms with van der Waals surface area (Å²) in [5.74, 6) is 0.0417. The Balaban J connectivity index is 1.99. The summed E-state index contributed by atoms with van der Waals surface area (Å²) < 4.78 is 0. The van der Waals surface area contributed by atoms with Crippen LogP contribution < -0.4 is 5.32 Å². The zero-order valence-corrected chi connectivity index (χ0v) is 11.9. The van der Waals surface area contributed by atoms with Gasteiger partial charge in [0.25, 0.3) is 0 Å². The molecule has 0 saturated carbocycles. The smallest absolute Gasteiger partial charge is 0.217 e. The Bertz CT molecular complexity index is 472. The summed E-state index contributed by atoms with van der Waals surface area (Å²) in [4.78, 5) is 13.4. The number of nitriles is 1. The van der Waals surface area contributed by atoms with E-state index in [0.717, 1.165) is 25.9 Å². The third-order valence-corrected chi connectivity index (χ3v) is 3.85. The molecule has 4 nitrogen and oxygen atoms in total. The fourth-order valence-corrected chi connectivity index (χ4v) is 2.86. The minimum atomic E-state index is 0.0417. The highest BCUT2D eigenvalue weighted by atomic mass is 16.1. The minimum Gasteiger partial charge on any atom is -0.354 e. The molecule has 1 unspecified atom stereocenters. The number of piperidine rings is 1. The van der Waals surface area contributed by atoms with Crippen LogP contribution in [0.1, 0.15) is 37.8 Å². The van der Waals surface area contributed by atoms with Gasteiger partial charge in [0.2, 0.25) is 5.91 Å². The third kappa shape index (κ3) is 3.82. The van der Waals surface area contributed by atoms with Crippen LogP contribution in [0.2, 0.25) is 0 Å². The molecule has 1 N–H and O–H groups in total. The zero-order chi connectivity index (χ0) is 14.4. The maximum atomic E-state index is 11.1. The van der Waals surface area contributed by atoms with Crippen LogP contribution in [-0.4, -0.2) is 29.9 Å². The third-order valence-electron chi connectivity index (χ3n) is 3.85. The average Bonchev–Trinajstić information content (AvgIpc) is 2.46. The van der Waals surface area contributed by atoms with Crippen LogP contribution in [0.4, 0.5) is 0 Å². The number of benzene rings is 1. The van der Waals surface area contributed by atoms with Crippen LogP contribution in [0, 0.1) is 11.3 Å². The number of nitrogens with zero attached hydrogens (tertiary/aromatic N) is 2. The number of rotatable bonds is 4. The summed E-state index contributed by atoms with van der Waals surface area (Å²) in [6, 6.07) is 12.9. The first-order valence-electron chi connectivity index (χ1n) is 7.13. The largest absolute Gasteiger partial charge is 0.354 e. The first-order chi connectivity index (χ1) is 9.70. The summed E-state index contributed by atoms with van der Waals surface area (Å²) in [5, 5.41) is 12.0. The number of hydrogen-bond acceptors (Lipinski definition) is 3. The fraction of sp³-hybridized carbons (Fsp3) is 0.500. The SMILES string of the molecule is CC(=O)NC1CCN(C(CC#N)c2ccccc2)CC1. The highest BCUT2D eigenvalue weighted by molar-refractivity contribution is 5.73. The van der Waals surface area contributed by atoms with Gasteiger partial charge in [-0.05, 0) is 18.4 Å². The Morgan fingerprint density at radius 3 is 2.60 bits per heavy atom. The standard InChI is InChI=1S/C16H21N3O/c1-13(20)18-15-8-11-19(12-9-15)16(7-10-17)14-5-3-2-4-6-14/h2-6,15-16H,7-9,11-12H2,1H3,(H,18,20). The van der Waals surface area contributed by atoms with Crippen molar-refractivity contribution in [1.82, 2.24) is 10.2 Å². The molecule has 0 aromatic heterocycles. The van der Waals surface area contributed by atoms with Crippen LogP contribution in [0.15, 0.2) is 30.3 Å². The van der Waals surface area contributed by atoms with Gasteiger partial charge in [-0.2, -0.15) is 5.26 Å². The Morgan fingerprint density at radius 2 is 2.05 bits per heavy atom. The zero-order valence-electron chi connectivity index (χ0n) is 11.9. The average molecular weight is 271 g/mol. The van der Waals surface area contributed by atoms with E-state index in [9.17, 15) is 4.79 Å². The second-order valence-electron chi connectivity index (χ2n) is 5.30. The summed E-state index contributed by atoms with van der Waals surface area (Å²) >= 11 is 0. The van der Waals surface area contributed by atoms with Gasteiger partial charge in [-0.15, -0.1) is 0 Å². The normalized spacial score (nSPS) is 18.2. The second-order valence-corrected chi connectivity index (χ2v) is 5.30. The number of amides is 1. The molecule has 1 heterocycles. The molecule has 20 heavy (non-hydrogen) atoms. The molecule has 0 radical (unpaired) electrons. The van der Waals surface area contributed by atoms with Crippen molar-refractivity contribution in [1.29, 1.82) is 5.26 Å². The number of nitrogens with one attached hydrogen (secondary N) is 1. The number of hydrogen-bond donors (Lipinski definition) is 1. The van der Waals surface area contributed by atoms with Gasteiger partial charge in [-0.1, -0.05) is 30.3 Å². The molecule has 1 aromatic carbocycles. The van der Waals surface area contributed by atoms with E-state index in [1.807, 2.05) is 18.2 Å². The molecule has 106 valence electrons. The number of carbonyl (C=O) groups is 1. The van der Waals surface area contributed by atoms with E-state index in [2.05, 4.69) is 28.4 Å². The predicted molar refractivity (Wildman–Crippen MR) is 77.8 cm³/mol. The Morgan fingerprint density at radius 1 is 1.40 bits per heavy atom. The molecular formula is C16H21N3O. The van der Waals surface area contributed by atoms with Crippen molar-refractivity contribution in [2.24, 2.45) is 0 Å². The van der Waals surface area contributed by atoms with E-state index in [1.54, 1.807) is 6.92 Å². The van der Waals surface area contributed by atoms with Crippen molar-refractivity contribution in [2.45, 2.75) is 38.3 Å². The molecule has 2 rings (SSSR count). The quantitative estimate of drug-likeness (QED) is 0.913. The lowest BCUT2D eigenvalue weighted by Gasteiger charge is -2.37. The molecule has 1 saturated heterocycles. The van der Waals surface area contributed by atoms with Crippen molar-refractivity contribution in [3.63, 3.8) is 0 Å². The van der Waals surface area contributed by atoms with E-state index >= 15 is 0 Å². The van der Waals surface area contributed by atoms with Gasteiger partial charge in [0.15, 0.2) is 0 Å². The number of likely N-dealkylation sites (tertiary alicyclic amines) is 1. The summed E-state index contributed by atoms with van der Waals surface area (Å²) in [6.45, 7) is 3.41. The summed E-state index contributed by atoms with van der Waals surface area (Å²) in [6.07, 6.45) is 2.41. The van der Waals surface area contributed by atoms with Crippen molar-refractivity contribution < 1.29 is 4.79 Å². The molecule has 1 aliphatic heterocycles. The van der Waals surface area contributed by atoms with Crippen LogP contribution in [0.5, 0.6) is 0 Å². The Labute approximate surface area is 120 Å². The predicted octanol–water partition coefficient (Wildman–Crippen LogP) is 2.24. The van der Waals surface area contributed by atoms with E-state index in [-0.39, 0.29) is 18.0 Å². The molecule has 0 bridgehead atoms. The summed E-state index contributed by atoms with van der Waals surface area (Å²) in [5.41, 5.74) is 1.20. The first-order valence-corrected chi connectivity index (χ1v) is 7.13. The van der Waals surface area contributed by atoms with Gasteiger partial charge in [0, 0.05) is 32.1 Å². The van der Waals surface area contributed by atoms with Crippen molar-refractivity contribution in [2.75, 3.05) is 13.1 Å². The van der Waals surface area contributed by atoms with Gasteiger partial charge in [0.05, 0.1) is 12.5 Å². The highest BCUT2D eigenvalue weighted by Gasteiger charge is 2.26. The molecule has 4 heteroatoms. The second kappa shape index (κ2) is 7.06. The molecule has 0 spiro atoms. The van der Waals surface area contributed by atoms with Crippen LogP contribution in [0.3, 0.4) is 0 Å². The monoisotopic (exact) mass is 271 g/mol. The van der Waals surface area contributed by atoms with Gasteiger partial charge in [0.1, 0.15) is 0 Å². The topological polar surface area (TPSA) is 56.1 Å². The maximum absolute atomic E-state index is 11.1. The lowest BCUT2D eigenvalue weighted by molar-refractivity contribution is -0.120. The molecule has 0 aliphatic carbocycles. The fourth-order valence-electron chi connectivity index (χ4n) is 2.86. The Hall–Kier alpha value is -1.86. The maximum Gasteiger partial charge on any atom is 0.217 e. The van der Waals surface area contributed by atoms with E-state index in [1.165, 1.54) is 5.56 Å². The van der Waals surface area contributed by atoms with Gasteiger partial charge >= 0.3 is 0 Å². The first kappa shape index (κ1) is 14.5. The van der Waals surface area contributed by atoms with Gasteiger partial charge < -0.3 is 5.32 Å². The molecule has 1 amide bonds. The van der Waals surface area contributed by atoms with Gasteiger partial charge in [-0.3, -0.25) is 9.69 Å². The lowest BCUT2D eigenvalue weighted by Crippen LogP contribution is -2.45. The van der Waals surface area contributed by atoms with Crippen LogP contribution in [0.25, 0.3) is 0 Å². The van der Waals surface area contributed by atoms with Crippen LogP contribution >= 0.6 is 0 Å². The molecule has 1 aliphatic rings. The highest BCUT2D eigenvalue weighted by Crippen LogP contribution is 2.27. The minimum absolute atomic E-state index is 0.0417. The molecule has 1 aromatic rings. The van der Waals surface area contributed by atoms with Gasteiger partial charge in [-0.25, -0.2) is 0 Å². The summed E-state index contributed by atoms with van der Waals surface area (Å²) in [7, 11) is 0. The van der Waals surface area contributed by atoms with Crippen LogP contribution in [-0.2, 0) is 4.79 Å². The number of carbonyl (C=O) groups excluding carboxylic acids is 1. The van der Waals surface area contributed by atoms with E-state index < -0.39 is 0 Å². The molecular weight excluding hydrogens is 250 g/mol.